The van der Waals surface area contributed by atoms with Gasteiger partial charge in [-0.05, 0) is 20.8 Å². The molecule has 90 valence electrons. The number of nitrogens with two attached hydrogens (primary N) is 1. The predicted molar refractivity (Wildman–Crippen MR) is 70.1 cm³/mol. The van der Waals surface area contributed by atoms with Crippen molar-refractivity contribution < 1.29 is 0 Å². The van der Waals surface area contributed by atoms with E-state index in [1.54, 1.807) is 11.3 Å². The highest BCUT2D eigenvalue weighted by molar-refractivity contribution is 7.09. The highest BCUT2D eigenvalue weighted by atomic mass is 32.1. The monoisotopic (exact) mass is 249 g/mol. The number of nitrogens with one attached hydrogen (secondary N) is 1. The number of nitrogens with zero attached hydrogens (tertiary/aromatic N) is 3. The standard InChI is InChI=1S/C11H15N5S/c1-6-4-9(16-11(12)14-6)15-8(3)10-13-7(2)5-17-10/h4-5,8H,1-3H3,(H3,12,14,15,16). The molecule has 0 spiro atoms. The third-order valence-corrected chi connectivity index (χ3v) is 3.39. The molecule has 2 rings (SSSR count). The van der Waals surface area contributed by atoms with E-state index in [2.05, 4.69) is 20.3 Å². The fraction of sp³-hybridized carbons (Fsp3) is 0.364. The van der Waals surface area contributed by atoms with Gasteiger partial charge in [-0.3, -0.25) is 0 Å². The Balaban J connectivity index is 2.15. The summed E-state index contributed by atoms with van der Waals surface area (Å²) in [5.41, 5.74) is 7.49. The number of hydrogen-bond donors (Lipinski definition) is 2. The van der Waals surface area contributed by atoms with Gasteiger partial charge in [-0.2, -0.15) is 4.98 Å². The molecular formula is C11H15N5S. The minimum absolute atomic E-state index is 0.113. The first-order valence-corrected chi connectivity index (χ1v) is 6.22. The molecule has 0 saturated carbocycles. The normalized spacial score (nSPS) is 12.4. The van der Waals surface area contributed by atoms with Gasteiger partial charge >= 0.3 is 0 Å². The van der Waals surface area contributed by atoms with Crippen molar-refractivity contribution in [2.75, 3.05) is 11.1 Å². The molecular weight excluding hydrogens is 234 g/mol. The summed E-state index contributed by atoms with van der Waals surface area (Å²) in [5, 5.41) is 6.34. The first-order chi connectivity index (χ1) is 8.04. The minimum Gasteiger partial charge on any atom is -0.368 e. The molecule has 0 amide bonds. The van der Waals surface area contributed by atoms with Crippen LogP contribution in [0, 0.1) is 13.8 Å². The molecule has 0 radical (unpaired) electrons. The zero-order valence-electron chi connectivity index (χ0n) is 10.1. The molecule has 6 heteroatoms. The number of thiazole rings is 1. The van der Waals surface area contributed by atoms with Gasteiger partial charge in [-0.1, -0.05) is 0 Å². The van der Waals surface area contributed by atoms with Crippen molar-refractivity contribution in [2.45, 2.75) is 26.8 Å². The number of rotatable bonds is 3. The quantitative estimate of drug-likeness (QED) is 0.872. The summed E-state index contributed by atoms with van der Waals surface area (Å²) in [6, 6.07) is 1.98. The van der Waals surface area contributed by atoms with E-state index >= 15 is 0 Å². The third-order valence-electron chi connectivity index (χ3n) is 2.24. The van der Waals surface area contributed by atoms with Gasteiger partial charge in [0.15, 0.2) is 0 Å². The van der Waals surface area contributed by atoms with Gasteiger partial charge in [0.1, 0.15) is 10.8 Å². The lowest BCUT2D eigenvalue weighted by Gasteiger charge is -2.12. The van der Waals surface area contributed by atoms with Crippen LogP contribution in [-0.4, -0.2) is 15.0 Å². The van der Waals surface area contributed by atoms with E-state index < -0.39 is 0 Å². The smallest absolute Gasteiger partial charge is 0.222 e. The molecule has 0 bridgehead atoms. The Morgan fingerprint density at radius 2 is 2.00 bits per heavy atom. The molecule has 2 aromatic rings. The van der Waals surface area contributed by atoms with Crippen LogP contribution in [0.5, 0.6) is 0 Å². The summed E-state index contributed by atoms with van der Waals surface area (Å²) in [6.45, 7) is 5.92. The summed E-state index contributed by atoms with van der Waals surface area (Å²) in [5.74, 6) is 1.02. The highest BCUT2D eigenvalue weighted by Gasteiger charge is 2.10. The number of hydrogen-bond acceptors (Lipinski definition) is 6. The van der Waals surface area contributed by atoms with E-state index in [-0.39, 0.29) is 12.0 Å². The molecule has 0 fully saturated rings. The fourth-order valence-corrected chi connectivity index (χ4v) is 2.32. The van der Waals surface area contributed by atoms with E-state index in [1.165, 1.54) is 0 Å². The Morgan fingerprint density at radius 1 is 1.24 bits per heavy atom. The molecule has 1 unspecified atom stereocenters. The Bertz CT molecular complexity index is 502. The lowest BCUT2D eigenvalue weighted by atomic mass is 10.3. The first kappa shape index (κ1) is 11.8. The Kier molecular flexibility index (Phi) is 3.23. The number of nitrogen functional groups attached to an aromatic ring is 1. The van der Waals surface area contributed by atoms with Crippen LogP contribution < -0.4 is 11.1 Å². The number of anilines is 2. The third kappa shape index (κ3) is 2.91. The van der Waals surface area contributed by atoms with Crippen LogP contribution in [-0.2, 0) is 0 Å². The summed E-state index contributed by atoms with van der Waals surface area (Å²) < 4.78 is 0. The van der Waals surface area contributed by atoms with E-state index in [1.807, 2.05) is 32.2 Å². The van der Waals surface area contributed by atoms with Crippen LogP contribution in [0.25, 0.3) is 0 Å². The lowest BCUT2D eigenvalue weighted by molar-refractivity contribution is 0.853. The van der Waals surface area contributed by atoms with Crippen LogP contribution in [0.4, 0.5) is 11.8 Å². The molecule has 0 saturated heterocycles. The van der Waals surface area contributed by atoms with Gasteiger partial charge in [0, 0.05) is 22.8 Å². The van der Waals surface area contributed by atoms with E-state index in [9.17, 15) is 0 Å². The van der Waals surface area contributed by atoms with Crippen molar-refractivity contribution in [1.29, 1.82) is 0 Å². The molecule has 0 aliphatic carbocycles. The zero-order chi connectivity index (χ0) is 12.4. The summed E-state index contributed by atoms with van der Waals surface area (Å²) in [7, 11) is 0. The van der Waals surface area contributed by atoms with E-state index in [0.29, 0.717) is 0 Å². The molecule has 2 aromatic heterocycles. The van der Waals surface area contributed by atoms with Crippen molar-refractivity contribution in [3.05, 3.63) is 27.8 Å². The van der Waals surface area contributed by atoms with Crippen LogP contribution in [0.2, 0.25) is 0 Å². The average molecular weight is 249 g/mol. The van der Waals surface area contributed by atoms with Crippen LogP contribution in [0.15, 0.2) is 11.4 Å². The minimum atomic E-state index is 0.113. The summed E-state index contributed by atoms with van der Waals surface area (Å²) in [6.07, 6.45) is 0. The maximum atomic E-state index is 5.60. The van der Waals surface area contributed by atoms with Crippen molar-refractivity contribution in [2.24, 2.45) is 0 Å². The Labute approximate surface area is 104 Å². The number of aryl methyl sites for hydroxylation is 2. The van der Waals surface area contributed by atoms with Crippen molar-refractivity contribution in [1.82, 2.24) is 15.0 Å². The molecule has 5 nitrogen and oxygen atoms in total. The van der Waals surface area contributed by atoms with Crippen molar-refractivity contribution in [3.63, 3.8) is 0 Å². The molecule has 1 atom stereocenters. The van der Waals surface area contributed by atoms with Gasteiger partial charge < -0.3 is 11.1 Å². The maximum absolute atomic E-state index is 5.60. The number of aromatic nitrogens is 3. The van der Waals surface area contributed by atoms with Crippen molar-refractivity contribution in [3.8, 4) is 0 Å². The molecule has 0 aliphatic heterocycles. The van der Waals surface area contributed by atoms with Gasteiger partial charge in [0.25, 0.3) is 0 Å². The van der Waals surface area contributed by atoms with Crippen LogP contribution in [0.1, 0.15) is 29.4 Å². The molecule has 0 aromatic carbocycles. The van der Waals surface area contributed by atoms with Gasteiger partial charge in [-0.15, -0.1) is 11.3 Å². The van der Waals surface area contributed by atoms with E-state index in [4.69, 9.17) is 5.73 Å². The SMILES string of the molecule is Cc1cc(NC(C)c2nc(C)cs2)nc(N)n1. The zero-order valence-corrected chi connectivity index (χ0v) is 10.9. The van der Waals surface area contributed by atoms with Crippen LogP contribution in [0.3, 0.4) is 0 Å². The Morgan fingerprint density at radius 3 is 2.59 bits per heavy atom. The predicted octanol–water partition coefficient (Wildman–Crippen LogP) is 2.31. The second kappa shape index (κ2) is 4.67. The highest BCUT2D eigenvalue weighted by Crippen LogP contribution is 2.21. The van der Waals surface area contributed by atoms with Crippen LogP contribution >= 0.6 is 11.3 Å². The van der Waals surface area contributed by atoms with E-state index in [0.717, 1.165) is 22.2 Å². The molecule has 17 heavy (non-hydrogen) atoms. The molecule has 3 N–H and O–H groups in total. The molecule has 2 heterocycles. The van der Waals surface area contributed by atoms with Crippen molar-refractivity contribution >= 4 is 23.1 Å². The average Bonchev–Trinajstić information content (AvgIpc) is 2.63. The first-order valence-electron chi connectivity index (χ1n) is 5.34. The second-order valence-electron chi connectivity index (χ2n) is 3.95. The van der Waals surface area contributed by atoms with Gasteiger partial charge in [0.2, 0.25) is 5.95 Å². The summed E-state index contributed by atoms with van der Waals surface area (Å²) in [4.78, 5) is 12.6. The summed E-state index contributed by atoms with van der Waals surface area (Å²) >= 11 is 1.64. The van der Waals surface area contributed by atoms with Gasteiger partial charge in [-0.25, -0.2) is 9.97 Å². The largest absolute Gasteiger partial charge is 0.368 e. The van der Waals surface area contributed by atoms with Gasteiger partial charge in [0.05, 0.1) is 6.04 Å². The Hall–Kier alpha value is -1.69. The lowest BCUT2D eigenvalue weighted by Crippen LogP contribution is -2.09. The fourth-order valence-electron chi connectivity index (χ4n) is 1.52. The maximum Gasteiger partial charge on any atom is 0.222 e. The molecule has 0 aliphatic rings. The topological polar surface area (TPSA) is 76.7 Å². The second-order valence-corrected chi connectivity index (χ2v) is 4.84.